The minimum Gasteiger partial charge on any atom is -0.508 e. The number of phenols is 1. The zero-order valence-electron chi connectivity index (χ0n) is 13.7. The van der Waals surface area contributed by atoms with Gasteiger partial charge in [0.25, 0.3) is 5.91 Å². The fourth-order valence-electron chi connectivity index (χ4n) is 3.44. The Labute approximate surface area is 146 Å². The summed E-state index contributed by atoms with van der Waals surface area (Å²) in [5, 5.41) is 13.2. The Balaban J connectivity index is 1.58. The van der Waals surface area contributed by atoms with Crippen molar-refractivity contribution < 1.29 is 9.90 Å². The minimum atomic E-state index is -0.108. The van der Waals surface area contributed by atoms with Crippen LogP contribution < -0.4 is 5.32 Å². The highest BCUT2D eigenvalue weighted by atomic mass is 16.3. The van der Waals surface area contributed by atoms with Gasteiger partial charge in [-0.25, -0.2) is 4.98 Å². The lowest BCUT2D eigenvalue weighted by molar-refractivity contribution is 0.0932. The number of imidazole rings is 1. The Morgan fingerprint density at radius 3 is 2.96 bits per heavy atom. The highest BCUT2D eigenvalue weighted by Gasteiger charge is 2.24. The van der Waals surface area contributed by atoms with E-state index in [1.54, 1.807) is 18.6 Å². The van der Waals surface area contributed by atoms with Gasteiger partial charge in [0.2, 0.25) is 0 Å². The normalized spacial score (nSPS) is 16.2. The Kier molecular flexibility index (Phi) is 3.98. The van der Waals surface area contributed by atoms with Crippen LogP contribution in [0.4, 0.5) is 0 Å². The maximum Gasteiger partial charge on any atom is 0.251 e. The second kappa shape index (κ2) is 6.43. The second-order valence-corrected chi connectivity index (χ2v) is 6.28. The molecule has 3 aromatic rings. The molecule has 0 saturated heterocycles. The van der Waals surface area contributed by atoms with Crippen LogP contribution in [-0.4, -0.2) is 20.6 Å². The summed E-state index contributed by atoms with van der Waals surface area (Å²) in [4.78, 5) is 16.8. The highest BCUT2D eigenvalue weighted by molar-refractivity contribution is 5.95. The summed E-state index contributed by atoms with van der Waals surface area (Å²) in [5.41, 5.74) is 3.47. The summed E-state index contributed by atoms with van der Waals surface area (Å²) in [6.45, 7) is 0. The molecule has 0 fully saturated rings. The van der Waals surface area contributed by atoms with Gasteiger partial charge in [-0.1, -0.05) is 18.2 Å². The highest BCUT2D eigenvalue weighted by Crippen LogP contribution is 2.34. The summed E-state index contributed by atoms with van der Waals surface area (Å²) in [5.74, 6) is 0.210. The number of aromatic nitrogens is 2. The van der Waals surface area contributed by atoms with Gasteiger partial charge in [0.1, 0.15) is 5.75 Å². The maximum atomic E-state index is 12.7. The molecule has 0 radical (unpaired) electrons. The molecule has 0 bridgehead atoms. The lowest BCUT2D eigenvalue weighted by atomic mass is 9.87. The van der Waals surface area contributed by atoms with Crippen molar-refractivity contribution in [3.8, 4) is 11.4 Å². The number of hydrogen-bond donors (Lipinski definition) is 2. The molecule has 0 saturated carbocycles. The van der Waals surface area contributed by atoms with E-state index in [0.717, 1.165) is 36.1 Å². The van der Waals surface area contributed by atoms with Crippen LogP contribution in [0, 0.1) is 0 Å². The number of amides is 1. The molecule has 1 aromatic heterocycles. The predicted molar refractivity (Wildman–Crippen MR) is 94.8 cm³/mol. The fraction of sp³-hybridized carbons (Fsp3) is 0.200. The van der Waals surface area contributed by atoms with Crippen LogP contribution in [0.3, 0.4) is 0 Å². The SMILES string of the molecule is O=C(NC1CCCc2c(O)cccc21)c1cccc(-n2ccnc2)c1. The first-order chi connectivity index (χ1) is 12.2. The van der Waals surface area contributed by atoms with Gasteiger partial charge in [0.05, 0.1) is 12.4 Å². The zero-order chi connectivity index (χ0) is 17.2. The van der Waals surface area contributed by atoms with Crippen molar-refractivity contribution in [2.45, 2.75) is 25.3 Å². The maximum absolute atomic E-state index is 12.7. The third kappa shape index (κ3) is 3.01. The van der Waals surface area contributed by atoms with Crippen LogP contribution in [0.25, 0.3) is 5.69 Å². The monoisotopic (exact) mass is 333 g/mol. The van der Waals surface area contributed by atoms with Gasteiger partial charge >= 0.3 is 0 Å². The lowest BCUT2D eigenvalue weighted by Gasteiger charge is -2.27. The smallest absolute Gasteiger partial charge is 0.251 e. The summed E-state index contributed by atoms with van der Waals surface area (Å²) in [6.07, 6.45) is 7.94. The standard InChI is InChI=1S/C20H19N3O2/c24-19-9-3-6-16-17(19)7-2-8-18(16)22-20(25)14-4-1-5-15(12-14)23-11-10-21-13-23/h1,3-6,9-13,18,24H,2,7-8H2,(H,22,25). The number of carbonyl (C=O) groups is 1. The van der Waals surface area contributed by atoms with Crippen LogP contribution >= 0.6 is 0 Å². The van der Waals surface area contributed by atoms with Gasteiger partial charge in [-0.3, -0.25) is 4.79 Å². The van der Waals surface area contributed by atoms with Crippen LogP contribution in [-0.2, 0) is 6.42 Å². The van der Waals surface area contributed by atoms with Crippen molar-refractivity contribution in [2.24, 2.45) is 0 Å². The molecule has 1 unspecified atom stereocenters. The number of carbonyl (C=O) groups excluding carboxylic acids is 1. The van der Waals surface area contributed by atoms with E-state index in [1.807, 2.05) is 47.2 Å². The van der Waals surface area contributed by atoms with E-state index in [9.17, 15) is 9.90 Å². The molecule has 1 atom stereocenters. The third-order valence-electron chi connectivity index (χ3n) is 4.70. The average molecular weight is 333 g/mol. The molecular formula is C20H19N3O2. The molecule has 0 spiro atoms. The van der Waals surface area contributed by atoms with Crippen molar-refractivity contribution in [3.63, 3.8) is 0 Å². The summed E-state index contributed by atoms with van der Waals surface area (Å²) in [6, 6.07) is 12.9. The molecule has 1 aliphatic carbocycles. The first kappa shape index (κ1) is 15.4. The van der Waals surface area contributed by atoms with Gasteiger partial charge in [-0.05, 0) is 54.7 Å². The number of hydrogen-bond acceptors (Lipinski definition) is 3. The van der Waals surface area contributed by atoms with Crippen molar-refractivity contribution in [1.29, 1.82) is 0 Å². The van der Waals surface area contributed by atoms with E-state index in [4.69, 9.17) is 0 Å². The number of nitrogens with zero attached hydrogens (tertiary/aromatic N) is 2. The number of phenolic OH excluding ortho intramolecular Hbond substituents is 1. The Bertz CT molecular complexity index is 903. The van der Waals surface area contributed by atoms with E-state index >= 15 is 0 Å². The van der Waals surface area contributed by atoms with E-state index in [-0.39, 0.29) is 11.9 Å². The largest absolute Gasteiger partial charge is 0.508 e. The first-order valence-electron chi connectivity index (χ1n) is 8.42. The molecule has 5 nitrogen and oxygen atoms in total. The number of nitrogens with one attached hydrogen (secondary N) is 1. The van der Waals surface area contributed by atoms with Crippen LogP contribution in [0.15, 0.2) is 61.2 Å². The lowest BCUT2D eigenvalue weighted by Crippen LogP contribution is -2.31. The molecule has 1 aliphatic rings. The molecule has 1 heterocycles. The van der Waals surface area contributed by atoms with Crippen LogP contribution in [0.2, 0.25) is 0 Å². The third-order valence-corrected chi connectivity index (χ3v) is 4.70. The van der Waals surface area contributed by atoms with E-state index < -0.39 is 0 Å². The summed E-state index contributed by atoms with van der Waals surface area (Å²) >= 11 is 0. The number of aromatic hydroxyl groups is 1. The topological polar surface area (TPSA) is 67.2 Å². The molecule has 1 amide bonds. The first-order valence-corrected chi connectivity index (χ1v) is 8.42. The number of rotatable bonds is 3. The van der Waals surface area contributed by atoms with Gasteiger partial charge in [0, 0.05) is 23.6 Å². The Morgan fingerprint density at radius 2 is 2.12 bits per heavy atom. The van der Waals surface area contributed by atoms with Crippen LogP contribution in [0.5, 0.6) is 5.75 Å². The van der Waals surface area contributed by atoms with E-state index in [1.165, 1.54) is 0 Å². The van der Waals surface area contributed by atoms with Gasteiger partial charge in [-0.15, -0.1) is 0 Å². The van der Waals surface area contributed by atoms with Gasteiger partial charge < -0.3 is 15.0 Å². The van der Waals surface area contributed by atoms with E-state index in [0.29, 0.717) is 11.3 Å². The second-order valence-electron chi connectivity index (χ2n) is 6.28. The van der Waals surface area contributed by atoms with Crippen molar-refractivity contribution in [1.82, 2.24) is 14.9 Å². The summed E-state index contributed by atoms with van der Waals surface area (Å²) < 4.78 is 1.87. The molecular weight excluding hydrogens is 314 g/mol. The molecule has 5 heteroatoms. The predicted octanol–water partition coefficient (Wildman–Crippen LogP) is 3.39. The Hall–Kier alpha value is -3.08. The van der Waals surface area contributed by atoms with Crippen molar-refractivity contribution >= 4 is 5.91 Å². The quantitative estimate of drug-likeness (QED) is 0.772. The minimum absolute atomic E-state index is 0.0692. The molecule has 126 valence electrons. The number of benzene rings is 2. The van der Waals surface area contributed by atoms with Crippen molar-refractivity contribution in [3.05, 3.63) is 77.9 Å². The molecule has 4 rings (SSSR count). The molecule has 0 aliphatic heterocycles. The molecule has 25 heavy (non-hydrogen) atoms. The van der Waals surface area contributed by atoms with Crippen molar-refractivity contribution in [2.75, 3.05) is 0 Å². The Morgan fingerprint density at radius 1 is 1.24 bits per heavy atom. The van der Waals surface area contributed by atoms with Gasteiger partial charge in [0.15, 0.2) is 0 Å². The van der Waals surface area contributed by atoms with E-state index in [2.05, 4.69) is 10.3 Å². The molecule has 2 N–H and O–H groups in total. The summed E-state index contributed by atoms with van der Waals surface area (Å²) in [7, 11) is 0. The van der Waals surface area contributed by atoms with Gasteiger partial charge in [-0.2, -0.15) is 0 Å². The fourth-order valence-corrected chi connectivity index (χ4v) is 3.44. The molecule has 2 aromatic carbocycles. The average Bonchev–Trinajstić information content (AvgIpc) is 3.17. The van der Waals surface area contributed by atoms with Crippen LogP contribution in [0.1, 0.15) is 40.4 Å². The number of fused-ring (bicyclic) bond motifs is 1. The zero-order valence-corrected chi connectivity index (χ0v) is 13.7.